The highest BCUT2D eigenvalue weighted by atomic mass is 79.9. The van der Waals surface area contributed by atoms with E-state index in [4.69, 9.17) is 0 Å². The maximum atomic E-state index is 12.7. The van der Waals surface area contributed by atoms with Crippen LogP contribution in [0.4, 0.5) is 13.2 Å². The Labute approximate surface area is 95.6 Å². The standard InChI is InChI=1S/C11H12BrF3/c1-2-8-4-3-5-10(11(13,14)15)9(8)6-7-12/h3-5H,2,6-7H2,1H3. The Balaban J connectivity index is 3.25. The van der Waals surface area contributed by atoms with Crippen LogP contribution in [0.25, 0.3) is 0 Å². The molecule has 0 saturated carbocycles. The molecule has 0 aromatic heterocycles. The predicted octanol–water partition coefficient (Wildman–Crippen LogP) is 4.21. The molecule has 0 unspecified atom stereocenters. The van der Waals surface area contributed by atoms with Crippen LogP contribution < -0.4 is 0 Å². The first kappa shape index (κ1) is 12.6. The van der Waals surface area contributed by atoms with Crippen molar-refractivity contribution in [2.45, 2.75) is 25.9 Å². The third-order valence-corrected chi connectivity index (χ3v) is 2.70. The van der Waals surface area contributed by atoms with Gasteiger partial charge in [0.15, 0.2) is 0 Å². The fraction of sp³-hybridized carbons (Fsp3) is 0.455. The van der Waals surface area contributed by atoms with Crippen LogP contribution in [-0.2, 0) is 19.0 Å². The van der Waals surface area contributed by atoms with Crippen LogP contribution in [0.5, 0.6) is 0 Å². The van der Waals surface area contributed by atoms with E-state index in [0.29, 0.717) is 23.7 Å². The number of aryl methyl sites for hydroxylation is 1. The van der Waals surface area contributed by atoms with Crippen molar-refractivity contribution in [1.82, 2.24) is 0 Å². The average Bonchev–Trinajstić information content (AvgIpc) is 2.17. The van der Waals surface area contributed by atoms with Crippen LogP contribution in [0, 0.1) is 0 Å². The SMILES string of the molecule is CCc1cccc(C(F)(F)F)c1CCBr. The minimum absolute atomic E-state index is 0.416. The second-order valence-corrected chi connectivity index (χ2v) is 4.03. The molecule has 1 rings (SSSR count). The average molecular weight is 281 g/mol. The lowest BCUT2D eigenvalue weighted by Crippen LogP contribution is -2.11. The van der Waals surface area contributed by atoms with Crippen molar-refractivity contribution in [2.75, 3.05) is 5.33 Å². The van der Waals surface area contributed by atoms with Crippen LogP contribution in [0.15, 0.2) is 18.2 Å². The van der Waals surface area contributed by atoms with Crippen molar-refractivity contribution in [1.29, 1.82) is 0 Å². The number of hydrogen-bond donors (Lipinski definition) is 0. The van der Waals surface area contributed by atoms with E-state index in [1.165, 1.54) is 6.07 Å². The molecule has 0 atom stereocenters. The van der Waals surface area contributed by atoms with Crippen LogP contribution >= 0.6 is 15.9 Å². The van der Waals surface area contributed by atoms with Crippen molar-refractivity contribution in [3.63, 3.8) is 0 Å². The number of benzene rings is 1. The maximum Gasteiger partial charge on any atom is 0.416 e. The molecule has 1 aromatic rings. The summed E-state index contributed by atoms with van der Waals surface area (Å²) < 4.78 is 38.0. The second kappa shape index (κ2) is 5.01. The Morgan fingerprint density at radius 2 is 1.93 bits per heavy atom. The van der Waals surface area contributed by atoms with E-state index < -0.39 is 11.7 Å². The molecule has 4 heteroatoms. The summed E-state index contributed by atoms with van der Waals surface area (Å²) in [6.45, 7) is 1.87. The predicted molar refractivity (Wildman–Crippen MR) is 58.3 cm³/mol. The summed E-state index contributed by atoms with van der Waals surface area (Å²) >= 11 is 3.18. The highest BCUT2D eigenvalue weighted by Gasteiger charge is 2.33. The molecule has 0 aliphatic heterocycles. The molecule has 0 saturated heterocycles. The molecule has 0 bridgehead atoms. The monoisotopic (exact) mass is 280 g/mol. The highest BCUT2D eigenvalue weighted by molar-refractivity contribution is 9.09. The summed E-state index contributed by atoms with van der Waals surface area (Å²) in [6, 6.07) is 4.38. The summed E-state index contributed by atoms with van der Waals surface area (Å²) in [7, 11) is 0. The van der Waals surface area contributed by atoms with Crippen molar-refractivity contribution in [3.8, 4) is 0 Å². The minimum Gasteiger partial charge on any atom is -0.166 e. The smallest absolute Gasteiger partial charge is 0.166 e. The van der Waals surface area contributed by atoms with Crippen LogP contribution in [0.2, 0.25) is 0 Å². The molecule has 0 aliphatic carbocycles. The van der Waals surface area contributed by atoms with Gasteiger partial charge in [-0.3, -0.25) is 0 Å². The lowest BCUT2D eigenvalue weighted by atomic mass is 9.97. The van der Waals surface area contributed by atoms with Crippen LogP contribution in [-0.4, -0.2) is 5.33 Å². The van der Waals surface area contributed by atoms with E-state index >= 15 is 0 Å². The molecule has 0 spiro atoms. The lowest BCUT2D eigenvalue weighted by molar-refractivity contribution is -0.138. The summed E-state index contributed by atoms with van der Waals surface area (Å²) in [5, 5.41) is 0.549. The molecule has 0 nitrogen and oxygen atoms in total. The zero-order valence-electron chi connectivity index (χ0n) is 8.37. The van der Waals surface area contributed by atoms with E-state index in [9.17, 15) is 13.2 Å². The van der Waals surface area contributed by atoms with Crippen molar-refractivity contribution in [3.05, 3.63) is 34.9 Å². The van der Waals surface area contributed by atoms with Gasteiger partial charge in [0.05, 0.1) is 5.56 Å². The molecule has 0 amide bonds. The Kier molecular flexibility index (Phi) is 4.20. The van der Waals surface area contributed by atoms with Gasteiger partial charge in [0.2, 0.25) is 0 Å². The fourth-order valence-corrected chi connectivity index (χ4v) is 2.02. The Morgan fingerprint density at radius 1 is 1.27 bits per heavy atom. The Hall–Kier alpha value is -0.510. The number of alkyl halides is 4. The minimum atomic E-state index is -4.25. The fourth-order valence-electron chi connectivity index (χ4n) is 1.62. The lowest BCUT2D eigenvalue weighted by Gasteiger charge is -2.15. The molecular weight excluding hydrogens is 269 g/mol. The normalized spacial score (nSPS) is 11.8. The van der Waals surface area contributed by atoms with Crippen molar-refractivity contribution < 1.29 is 13.2 Å². The van der Waals surface area contributed by atoms with Gasteiger partial charge in [0.25, 0.3) is 0 Å². The molecule has 0 fully saturated rings. The molecule has 15 heavy (non-hydrogen) atoms. The molecule has 0 N–H and O–H groups in total. The highest BCUT2D eigenvalue weighted by Crippen LogP contribution is 2.33. The maximum absolute atomic E-state index is 12.7. The van der Waals surface area contributed by atoms with Crippen LogP contribution in [0.3, 0.4) is 0 Å². The van der Waals surface area contributed by atoms with Gasteiger partial charge >= 0.3 is 6.18 Å². The summed E-state index contributed by atoms with van der Waals surface area (Å²) in [5.41, 5.74) is 0.704. The van der Waals surface area contributed by atoms with Gasteiger partial charge in [-0.1, -0.05) is 35.0 Å². The number of hydrogen-bond acceptors (Lipinski definition) is 0. The van der Waals surface area contributed by atoms with Crippen molar-refractivity contribution in [2.24, 2.45) is 0 Å². The van der Waals surface area contributed by atoms with E-state index in [1.54, 1.807) is 6.07 Å². The molecule has 0 radical (unpaired) electrons. The molecule has 0 heterocycles. The first-order chi connectivity index (χ1) is 7.00. The van der Waals surface area contributed by atoms with E-state index in [-0.39, 0.29) is 0 Å². The molecule has 0 aliphatic rings. The summed E-state index contributed by atoms with van der Waals surface area (Å²) in [4.78, 5) is 0. The molecule has 84 valence electrons. The summed E-state index contributed by atoms with van der Waals surface area (Å²) in [5.74, 6) is 0. The second-order valence-electron chi connectivity index (χ2n) is 3.23. The van der Waals surface area contributed by atoms with Gasteiger partial charge < -0.3 is 0 Å². The van der Waals surface area contributed by atoms with E-state index in [0.717, 1.165) is 11.6 Å². The zero-order valence-corrected chi connectivity index (χ0v) is 9.95. The topological polar surface area (TPSA) is 0 Å². The first-order valence-corrected chi connectivity index (χ1v) is 5.86. The van der Waals surface area contributed by atoms with Gasteiger partial charge in [0, 0.05) is 5.33 Å². The van der Waals surface area contributed by atoms with Gasteiger partial charge in [0.1, 0.15) is 0 Å². The largest absolute Gasteiger partial charge is 0.416 e. The van der Waals surface area contributed by atoms with Crippen molar-refractivity contribution >= 4 is 15.9 Å². The summed E-state index contributed by atoms with van der Waals surface area (Å²) in [6.07, 6.45) is -3.20. The third kappa shape index (κ3) is 2.97. The third-order valence-electron chi connectivity index (χ3n) is 2.30. The Morgan fingerprint density at radius 3 is 2.40 bits per heavy atom. The van der Waals surface area contributed by atoms with Gasteiger partial charge in [-0.2, -0.15) is 13.2 Å². The van der Waals surface area contributed by atoms with Gasteiger partial charge in [-0.05, 0) is 30.0 Å². The first-order valence-electron chi connectivity index (χ1n) is 4.74. The van der Waals surface area contributed by atoms with Crippen LogP contribution in [0.1, 0.15) is 23.6 Å². The quantitative estimate of drug-likeness (QED) is 0.728. The zero-order chi connectivity index (χ0) is 11.5. The van der Waals surface area contributed by atoms with Gasteiger partial charge in [-0.25, -0.2) is 0 Å². The number of rotatable bonds is 3. The molecule has 1 aromatic carbocycles. The van der Waals surface area contributed by atoms with E-state index in [1.807, 2.05) is 6.92 Å². The number of halogens is 4. The molecular formula is C11H12BrF3. The Bertz CT molecular complexity index is 331. The van der Waals surface area contributed by atoms with Gasteiger partial charge in [-0.15, -0.1) is 0 Å². The van der Waals surface area contributed by atoms with E-state index in [2.05, 4.69) is 15.9 Å².